The van der Waals surface area contributed by atoms with Crippen LogP contribution in [0.5, 0.6) is 0 Å². The Morgan fingerprint density at radius 1 is 1.33 bits per heavy atom. The van der Waals surface area contributed by atoms with Gasteiger partial charge in [-0.15, -0.1) is 11.3 Å². The van der Waals surface area contributed by atoms with Crippen molar-refractivity contribution in [3.05, 3.63) is 28.3 Å². The smallest absolute Gasteiger partial charge is 0.105 e. The topological polar surface area (TPSA) is 49.8 Å². The molecule has 2 nitrogen and oxygen atoms in total. The highest BCUT2D eigenvalue weighted by molar-refractivity contribution is 7.23. The fourth-order valence-electron chi connectivity index (χ4n) is 1.89. The van der Waals surface area contributed by atoms with Crippen molar-refractivity contribution in [1.82, 2.24) is 0 Å². The third-order valence-electron chi connectivity index (χ3n) is 2.56. The summed E-state index contributed by atoms with van der Waals surface area (Å²) in [4.78, 5) is 0. The van der Waals surface area contributed by atoms with Crippen molar-refractivity contribution in [3.63, 3.8) is 0 Å². The van der Waals surface area contributed by atoms with Crippen LogP contribution in [0.1, 0.15) is 44.7 Å². The zero-order valence-electron chi connectivity index (χ0n) is 11.0. The predicted molar refractivity (Wildman–Crippen MR) is 81.4 cm³/mol. The Labute approximate surface area is 117 Å². The molecule has 0 saturated carbocycles. The Morgan fingerprint density at radius 3 is 2.44 bits per heavy atom. The number of fused-ring (bicyclic) bond motifs is 1. The molecule has 0 amide bonds. The molecule has 96 valence electrons. The van der Waals surface area contributed by atoms with Crippen LogP contribution in [0.4, 0.5) is 5.00 Å². The Bertz CT molecular complexity index is 594. The number of thiophene rings is 1. The van der Waals surface area contributed by atoms with E-state index in [0.717, 1.165) is 15.6 Å². The maximum atomic E-state index is 9.14. The minimum absolute atomic E-state index is 0.275. The van der Waals surface area contributed by atoms with Crippen LogP contribution in [0.3, 0.4) is 0 Å². The van der Waals surface area contributed by atoms with E-state index in [-0.39, 0.29) is 5.92 Å². The summed E-state index contributed by atoms with van der Waals surface area (Å²) in [6.45, 7) is 8.13. The van der Waals surface area contributed by atoms with E-state index in [1.807, 2.05) is 26.0 Å². The average Bonchev–Trinajstić information content (AvgIpc) is 2.66. The number of hydrogen-bond donors (Lipinski definition) is 1. The lowest BCUT2D eigenvalue weighted by Gasteiger charge is -2.10. The summed E-state index contributed by atoms with van der Waals surface area (Å²) in [6.07, 6.45) is 0. The summed E-state index contributed by atoms with van der Waals surface area (Å²) in [7, 11) is 0. The second-order valence-electron chi connectivity index (χ2n) is 3.94. The molecule has 0 radical (unpaired) electrons. The number of nitriles is 1. The lowest BCUT2D eigenvalue weighted by molar-refractivity contribution is 0.877. The number of anilines is 1. The van der Waals surface area contributed by atoms with E-state index in [2.05, 4.69) is 19.9 Å². The summed E-state index contributed by atoms with van der Waals surface area (Å²) in [5.74, 6) is 0.275. The van der Waals surface area contributed by atoms with E-state index in [1.54, 1.807) is 0 Å². The van der Waals surface area contributed by atoms with E-state index >= 15 is 0 Å². The molecule has 0 bridgehead atoms. The van der Waals surface area contributed by atoms with E-state index in [1.165, 1.54) is 11.3 Å². The minimum Gasteiger partial charge on any atom is -0.389 e. The third-order valence-corrected chi connectivity index (χ3v) is 3.87. The normalized spacial score (nSPS) is 10.1. The zero-order chi connectivity index (χ0) is 13.9. The molecule has 2 N–H and O–H groups in total. The first kappa shape index (κ1) is 14.8. The van der Waals surface area contributed by atoms with Crippen LogP contribution in [0, 0.1) is 11.3 Å². The van der Waals surface area contributed by atoms with Gasteiger partial charge in [0.2, 0.25) is 0 Å². The van der Waals surface area contributed by atoms with Gasteiger partial charge in [-0.25, -0.2) is 0 Å². The van der Waals surface area contributed by atoms with Crippen LogP contribution in [0.2, 0.25) is 5.02 Å². The van der Waals surface area contributed by atoms with Gasteiger partial charge in [0.1, 0.15) is 11.1 Å². The monoisotopic (exact) mass is 280 g/mol. The van der Waals surface area contributed by atoms with Crippen molar-refractivity contribution < 1.29 is 0 Å². The molecule has 0 saturated heterocycles. The fraction of sp³-hybridized carbons (Fsp3) is 0.357. The van der Waals surface area contributed by atoms with E-state index in [4.69, 9.17) is 22.6 Å². The average molecular weight is 281 g/mol. The van der Waals surface area contributed by atoms with Crippen LogP contribution >= 0.6 is 22.9 Å². The second-order valence-corrected chi connectivity index (χ2v) is 5.43. The molecule has 1 aromatic heterocycles. The van der Waals surface area contributed by atoms with Gasteiger partial charge in [-0.1, -0.05) is 39.3 Å². The molecule has 0 aliphatic heterocycles. The van der Waals surface area contributed by atoms with Crippen molar-refractivity contribution in [2.24, 2.45) is 0 Å². The standard InChI is InChI=1S/C12H11ClN2S.C2H6/c1-6(2)10-8(13)3-4-9-11(10)7(5-14)12(15)16-9;1-2/h3-4,6H,15H2,1-2H3;1-2H3. The number of nitrogen functional groups attached to an aromatic ring is 1. The van der Waals surface area contributed by atoms with Gasteiger partial charge in [0, 0.05) is 15.1 Å². The molecule has 4 heteroatoms. The molecule has 0 unspecified atom stereocenters. The van der Waals surface area contributed by atoms with Gasteiger partial charge in [-0.2, -0.15) is 5.26 Å². The van der Waals surface area contributed by atoms with Gasteiger partial charge >= 0.3 is 0 Å². The lowest BCUT2D eigenvalue weighted by Crippen LogP contribution is -1.92. The summed E-state index contributed by atoms with van der Waals surface area (Å²) in [5.41, 5.74) is 7.41. The van der Waals surface area contributed by atoms with E-state index in [0.29, 0.717) is 15.6 Å². The fourth-order valence-corrected chi connectivity index (χ4v) is 3.20. The highest BCUT2D eigenvalue weighted by atomic mass is 35.5. The molecule has 1 aromatic carbocycles. The molecule has 0 aliphatic rings. The molecule has 0 aliphatic carbocycles. The van der Waals surface area contributed by atoms with Crippen molar-refractivity contribution in [3.8, 4) is 6.07 Å². The summed E-state index contributed by atoms with van der Waals surface area (Å²) >= 11 is 7.63. The molecule has 0 atom stereocenters. The SMILES string of the molecule is CC.CC(C)c1c(Cl)ccc2sc(N)c(C#N)c12. The molecule has 18 heavy (non-hydrogen) atoms. The number of hydrogen-bond acceptors (Lipinski definition) is 3. The largest absolute Gasteiger partial charge is 0.389 e. The number of benzene rings is 1. The number of nitrogens with zero attached hydrogens (tertiary/aromatic N) is 1. The molecule has 0 fully saturated rings. The van der Waals surface area contributed by atoms with Crippen LogP contribution in [0.25, 0.3) is 10.1 Å². The Balaban J connectivity index is 0.000000771. The third kappa shape index (κ3) is 2.45. The van der Waals surface area contributed by atoms with Crippen LogP contribution < -0.4 is 5.73 Å². The van der Waals surface area contributed by atoms with Gasteiger partial charge in [0.15, 0.2) is 0 Å². The van der Waals surface area contributed by atoms with Crippen LogP contribution in [0.15, 0.2) is 12.1 Å². The quantitative estimate of drug-likeness (QED) is 0.784. The van der Waals surface area contributed by atoms with Crippen molar-refractivity contribution in [2.45, 2.75) is 33.6 Å². The number of nitrogens with two attached hydrogens (primary N) is 1. The molecule has 2 aromatic rings. The molecule has 2 rings (SSSR count). The van der Waals surface area contributed by atoms with Gasteiger partial charge in [-0.3, -0.25) is 0 Å². The molecular formula is C14H17ClN2S. The van der Waals surface area contributed by atoms with Crippen molar-refractivity contribution in [1.29, 1.82) is 5.26 Å². The van der Waals surface area contributed by atoms with Crippen molar-refractivity contribution in [2.75, 3.05) is 5.73 Å². The molecule has 0 spiro atoms. The Hall–Kier alpha value is -1.24. The predicted octanol–water partition coefficient (Wildman–Crippen LogP) is 5.16. The first-order chi connectivity index (χ1) is 8.56. The summed E-state index contributed by atoms with van der Waals surface area (Å²) in [5, 5.41) is 11.3. The van der Waals surface area contributed by atoms with Crippen molar-refractivity contribution >= 4 is 38.0 Å². The van der Waals surface area contributed by atoms with Crippen LogP contribution in [-0.2, 0) is 0 Å². The maximum Gasteiger partial charge on any atom is 0.105 e. The lowest BCUT2D eigenvalue weighted by atomic mass is 9.97. The molecular weight excluding hydrogens is 264 g/mol. The van der Waals surface area contributed by atoms with E-state index in [9.17, 15) is 0 Å². The highest BCUT2D eigenvalue weighted by Crippen LogP contribution is 2.40. The van der Waals surface area contributed by atoms with Gasteiger partial charge in [-0.05, 0) is 23.6 Å². The molecule has 1 heterocycles. The van der Waals surface area contributed by atoms with E-state index < -0.39 is 0 Å². The summed E-state index contributed by atoms with van der Waals surface area (Å²) in [6, 6.07) is 5.96. The summed E-state index contributed by atoms with van der Waals surface area (Å²) < 4.78 is 1.03. The zero-order valence-corrected chi connectivity index (χ0v) is 12.6. The number of rotatable bonds is 1. The Kier molecular flexibility index (Phi) is 5.01. The first-order valence-corrected chi connectivity index (χ1v) is 7.16. The Morgan fingerprint density at radius 2 is 1.94 bits per heavy atom. The van der Waals surface area contributed by atoms with Crippen LogP contribution in [-0.4, -0.2) is 0 Å². The number of halogens is 1. The second kappa shape index (κ2) is 6.08. The van der Waals surface area contributed by atoms with Gasteiger partial charge in [0.25, 0.3) is 0 Å². The minimum atomic E-state index is 0.275. The maximum absolute atomic E-state index is 9.14. The highest BCUT2D eigenvalue weighted by Gasteiger charge is 2.17. The van der Waals surface area contributed by atoms with Gasteiger partial charge < -0.3 is 5.73 Å². The van der Waals surface area contributed by atoms with Gasteiger partial charge in [0.05, 0.1) is 5.56 Å². The first-order valence-electron chi connectivity index (χ1n) is 5.96.